The zero-order chi connectivity index (χ0) is 12.0. The summed E-state index contributed by atoms with van der Waals surface area (Å²) in [6.07, 6.45) is -1.29. The van der Waals surface area contributed by atoms with E-state index >= 15 is 0 Å². The highest BCUT2D eigenvalue weighted by Gasteiger charge is 2.12. The summed E-state index contributed by atoms with van der Waals surface area (Å²) in [4.78, 5) is 11.3. The molecule has 4 N–H and O–H groups in total. The lowest BCUT2D eigenvalue weighted by molar-refractivity contribution is 0.103. The highest BCUT2D eigenvalue weighted by Crippen LogP contribution is 2.05. The molecular formula is C11H16N2O3. The number of nitrogens with two attached hydrogens (primary N) is 1. The number of benzene rings is 1. The van der Waals surface area contributed by atoms with Gasteiger partial charge in [0.15, 0.2) is 0 Å². The summed E-state index contributed by atoms with van der Waals surface area (Å²) in [6, 6.07) is 8.38. The number of ether oxygens (including phenoxy) is 1. The summed E-state index contributed by atoms with van der Waals surface area (Å²) >= 11 is 0. The van der Waals surface area contributed by atoms with Crippen molar-refractivity contribution in [3.05, 3.63) is 30.3 Å². The van der Waals surface area contributed by atoms with Crippen molar-refractivity contribution in [2.24, 2.45) is 5.73 Å². The molecule has 0 aliphatic rings. The van der Waals surface area contributed by atoms with Gasteiger partial charge in [-0.25, -0.2) is 4.79 Å². The van der Waals surface area contributed by atoms with Crippen molar-refractivity contribution in [2.45, 2.75) is 19.1 Å². The number of hydrogen-bond acceptors (Lipinski definition) is 4. The standard InChI is InChI=1S/C11H16N2O3/c1-8(14)10(12)7-16-11(15)13-9-5-3-2-4-6-9/h2-6,8,10,14H,7,12H2,1H3,(H,13,15). The number of carbonyl (C=O) groups is 1. The Morgan fingerprint density at radius 2 is 2.12 bits per heavy atom. The average molecular weight is 224 g/mol. The van der Waals surface area contributed by atoms with Crippen molar-refractivity contribution in [1.82, 2.24) is 0 Å². The van der Waals surface area contributed by atoms with Crippen LogP contribution >= 0.6 is 0 Å². The van der Waals surface area contributed by atoms with Crippen LogP contribution in [0.1, 0.15) is 6.92 Å². The summed E-state index contributed by atoms with van der Waals surface area (Å²) in [6.45, 7) is 1.53. The highest BCUT2D eigenvalue weighted by molar-refractivity contribution is 5.84. The van der Waals surface area contributed by atoms with E-state index in [1.165, 1.54) is 0 Å². The van der Waals surface area contributed by atoms with Crippen molar-refractivity contribution in [3.8, 4) is 0 Å². The average Bonchev–Trinajstić information content (AvgIpc) is 2.27. The van der Waals surface area contributed by atoms with E-state index in [1.807, 2.05) is 6.07 Å². The topological polar surface area (TPSA) is 84.6 Å². The molecule has 0 heterocycles. The van der Waals surface area contributed by atoms with Gasteiger partial charge in [0, 0.05) is 5.69 Å². The molecule has 0 radical (unpaired) electrons. The molecule has 16 heavy (non-hydrogen) atoms. The number of amides is 1. The van der Waals surface area contributed by atoms with E-state index in [2.05, 4.69) is 5.32 Å². The molecule has 1 aromatic carbocycles. The van der Waals surface area contributed by atoms with Gasteiger partial charge in [-0.3, -0.25) is 5.32 Å². The second-order valence-electron chi connectivity index (χ2n) is 3.49. The highest BCUT2D eigenvalue weighted by atomic mass is 16.5. The number of para-hydroxylation sites is 1. The van der Waals surface area contributed by atoms with Crippen molar-refractivity contribution in [3.63, 3.8) is 0 Å². The zero-order valence-electron chi connectivity index (χ0n) is 9.09. The third-order valence-electron chi connectivity index (χ3n) is 2.05. The molecule has 2 unspecified atom stereocenters. The minimum atomic E-state index is -0.704. The summed E-state index contributed by atoms with van der Waals surface area (Å²) in [5.41, 5.74) is 6.15. The fourth-order valence-corrected chi connectivity index (χ4v) is 0.987. The second kappa shape index (κ2) is 6.09. The van der Waals surface area contributed by atoms with Crippen molar-refractivity contribution < 1.29 is 14.6 Å². The van der Waals surface area contributed by atoms with Crippen molar-refractivity contribution >= 4 is 11.8 Å². The maximum absolute atomic E-state index is 11.3. The molecule has 0 saturated heterocycles. The number of aliphatic hydroxyl groups is 1. The SMILES string of the molecule is CC(O)C(N)COC(=O)Nc1ccccc1. The largest absolute Gasteiger partial charge is 0.448 e. The number of rotatable bonds is 4. The van der Waals surface area contributed by atoms with E-state index < -0.39 is 18.2 Å². The van der Waals surface area contributed by atoms with E-state index in [0.717, 1.165) is 0 Å². The quantitative estimate of drug-likeness (QED) is 0.710. The van der Waals surface area contributed by atoms with Crippen molar-refractivity contribution in [2.75, 3.05) is 11.9 Å². The number of aliphatic hydroxyl groups excluding tert-OH is 1. The lowest BCUT2D eigenvalue weighted by Gasteiger charge is -2.14. The third kappa shape index (κ3) is 4.29. The number of hydrogen-bond donors (Lipinski definition) is 3. The summed E-state index contributed by atoms with van der Waals surface area (Å²) in [5, 5.41) is 11.6. The first-order valence-corrected chi connectivity index (χ1v) is 5.02. The Morgan fingerprint density at radius 3 is 2.69 bits per heavy atom. The number of anilines is 1. The lowest BCUT2D eigenvalue weighted by Crippen LogP contribution is -2.38. The fourth-order valence-electron chi connectivity index (χ4n) is 0.987. The van der Waals surface area contributed by atoms with Crippen LogP contribution in [0.15, 0.2) is 30.3 Å². The second-order valence-corrected chi connectivity index (χ2v) is 3.49. The first-order valence-electron chi connectivity index (χ1n) is 5.02. The molecule has 1 amide bonds. The summed E-state index contributed by atoms with van der Waals surface area (Å²) < 4.78 is 4.83. The summed E-state index contributed by atoms with van der Waals surface area (Å²) in [7, 11) is 0. The van der Waals surface area contributed by atoms with Crippen molar-refractivity contribution in [1.29, 1.82) is 0 Å². The van der Waals surface area contributed by atoms with E-state index in [4.69, 9.17) is 15.6 Å². The number of nitrogens with one attached hydrogen (secondary N) is 1. The van der Waals surface area contributed by atoms with Gasteiger partial charge in [0.1, 0.15) is 6.61 Å². The van der Waals surface area contributed by atoms with Gasteiger partial charge in [-0.15, -0.1) is 0 Å². The van der Waals surface area contributed by atoms with Crippen LogP contribution in [-0.2, 0) is 4.74 Å². The molecule has 5 heteroatoms. The van der Waals surface area contributed by atoms with Crippen LogP contribution in [0.5, 0.6) is 0 Å². The van der Waals surface area contributed by atoms with Crippen LogP contribution in [0.2, 0.25) is 0 Å². The Morgan fingerprint density at radius 1 is 1.50 bits per heavy atom. The number of carbonyl (C=O) groups excluding carboxylic acids is 1. The van der Waals surface area contributed by atoms with Gasteiger partial charge in [-0.2, -0.15) is 0 Å². The third-order valence-corrected chi connectivity index (χ3v) is 2.05. The minimum Gasteiger partial charge on any atom is -0.448 e. The Kier molecular flexibility index (Phi) is 4.75. The molecule has 1 aromatic rings. The molecule has 0 aromatic heterocycles. The Bertz CT molecular complexity index is 327. The van der Waals surface area contributed by atoms with Crippen LogP contribution in [0, 0.1) is 0 Å². The van der Waals surface area contributed by atoms with E-state index in [0.29, 0.717) is 5.69 Å². The summed E-state index contributed by atoms with van der Waals surface area (Å²) in [5.74, 6) is 0. The molecule has 1 rings (SSSR count). The van der Waals surface area contributed by atoms with Crippen LogP contribution in [0.4, 0.5) is 10.5 Å². The van der Waals surface area contributed by atoms with Crippen LogP contribution in [0.25, 0.3) is 0 Å². The monoisotopic (exact) mass is 224 g/mol. The Balaban J connectivity index is 2.32. The van der Waals surface area contributed by atoms with Gasteiger partial charge in [0.2, 0.25) is 0 Å². The smallest absolute Gasteiger partial charge is 0.411 e. The normalized spacial score (nSPS) is 13.9. The molecule has 0 aliphatic carbocycles. The molecule has 0 bridgehead atoms. The molecule has 88 valence electrons. The van der Waals surface area contributed by atoms with Gasteiger partial charge in [-0.1, -0.05) is 18.2 Å². The van der Waals surface area contributed by atoms with Gasteiger partial charge < -0.3 is 15.6 Å². The Labute approximate surface area is 94.2 Å². The predicted molar refractivity (Wildman–Crippen MR) is 61.1 cm³/mol. The maximum atomic E-state index is 11.3. The van der Waals surface area contributed by atoms with Gasteiger partial charge in [0.25, 0.3) is 0 Å². The molecule has 0 fully saturated rings. The predicted octanol–water partition coefficient (Wildman–Crippen LogP) is 0.943. The minimum absolute atomic E-state index is 0.0175. The van der Waals surface area contributed by atoms with E-state index in [9.17, 15) is 4.79 Å². The molecule has 2 atom stereocenters. The molecule has 0 aliphatic heterocycles. The van der Waals surface area contributed by atoms with Gasteiger partial charge >= 0.3 is 6.09 Å². The fraction of sp³-hybridized carbons (Fsp3) is 0.364. The van der Waals surface area contributed by atoms with Crippen LogP contribution in [-0.4, -0.2) is 30.0 Å². The molecule has 5 nitrogen and oxygen atoms in total. The van der Waals surface area contributed by atoms with E-state index in [1.54, 1.807) is 31.2 Å². The first-order chi connectivity index (χ1) is 7.59. The maximum Gasteiger partial charge on any atom is 0.411 e. The van der Waals surface area contributed by atoms with E-state index in [-0.39, 0.29) is 6.61 Å². The van der Waals surface area contributed by atoms with Crippen LogP contribution < -0.4 is 11.1 Å². The van der Waals surface area contributed by atoms with Crippen LogP contribution in [0.3, 0.4) is 0 Å². The molecular weight excluding hydrogens is 208 g/mol. The Hall–Kier alpha value is -1.59. The lowest BCUT2D eigenvalue weighted by atomic mass is 10.2. The molecule has 0 spiro atoms. The van der Waals surface area contributed by atoms with Gasteiger partial charge in [-0.05, 0) is 19.1 Å². The van der Waals surface area contributed by atoms with Gasteiger partial charge in [0.05, 0.1) is 12.1 Å². The molecule has 0 saturated carbocycles. The zero-order valence-corrected chi connectivity index (χ0v) is 9.09. The first kappa shape index (κ1) is 12.5.